The highest BCUT2D eigenvalue weighted by Crippen LogP contribution is 2.31. The van der Waals surface area contributed by atoms with Crippen molar-refractivity contribution in [3.05, 3.63) is 65.2 Å². The maximum atomic E-state index is 12.9. The number of hydrogen-bond acceptors (Lipinski definition) is 2. The van der Waals surface area contributed by atoms with Crippen LogP contribution in [-0.4, -0.2) is 18.7 Å². The molecule has 2 aromatic carbocycles. The van der Waals surface area contributed by atoms with Gasteiger partial charge in [0.05, 0.1) is 0 Å². The van der Waals surface area contributed by atoms with Gasteiger partial charge in [0.2, 0.25) is 5.91 Å². The van der Waals surface area contributed by atoms with Crippen LogP contribution in [0.2, 0.25) is 5.02 Å². The molecule has 0 N–H and O–H groups in total. The average Bonchev–Trinajstić information content (AvgIpc) is 2.52. The van der Waals surface area contributed by atoms with Crippen LogP contribution in [0.25, 0.3) is 0 Å². The van der Waals surface area contributed by atoms with Gasteiger partial charge in [0.15, 0.2) is 0 Å². The Morgan fingerprint density at radius 1 is 1.14 bits per heavy atom. The summed E-state index contributed by atoms with van der Waals surface area (Å²) in [5.41, 5.74) is 1.91. The second-order valence-corrected chi connectivity index (χ2v) is 5.96. The van der Waals surface area contributed by atoms with E-state index in [1.165, 1.54) is 0 Å². The fourth-order valence-corrected chi connectivity index (χ4v) is 3.12. The van der Waals surface area contributed by atoms with E-state index in [4.69, 9.17) is 11.6 Å². The van der Waals surface area contributed by atoms with Gasteiger partial charge < -0.3 is 4.90 Å². The van der Waals surface area contributed by atoms with Gasteiger partial charge in [0, 0.05) is 17.3 Å². The van der Waals surface area contributed by atoms with E-state index in [1.807, 2.05) is 67.8 Å². The molecule has 1 amide bonds. The number of rotatable bonds is 5. The zero-order valence-electron chi connectivity index (χ0n) is 12.1. The number of nitrogens with zero attached hydrogens (tertiary/aromatic N) is 1. The van der Waals surface area contributed by atoms with Crippen molar-refractivity contribution < 1.29 is 4.79 Å². The van der Waals surface area contributed by atoms with Crippen molar-refractivity contribution in [1.29, 1.82) is 0 Å². The molecule has 0 aliphatic heterocycles. The lowest BCUT2D eigenvalue weighted by atomic mass is 10.1. The lowest BCUT2D eigenvalue weighted by Crippen LogP contribution is -2.34. The molecule has 0 heterocycles. The quantitative estimate of drug-likeness (QED) is 0.789. The number of anilines is 1. The molecule has 0 spiro atoms. The Labute approximate surface area is 135 Å². The van der Waals surface area contributed by atoms with Crippen LogP contribution in [0.15, 0.2) is 54.6 Å². The zero-order valence-corrected chi connectivity index (χ0v) is 13.7. The van der Waals surface area contributed by atoms with Gasteiger partial charge in [-0.3, -0.25) is 4.79 Å². The first kappa shape index (κ1) is 15.9. The molecular weight excluding hydrogens is 302 g/mol. The number of hydrogen-bond donors (Lipinski definition) is 0. The highest BCUT2D eigenvalue weighted by atomic mass is 35.5. The van der Waals surface area contributed by atoms with Crippen molar-refractivity contribution >= 4 is 35.0 Å². The minimum Gasteiger partial charge on any atom is -0.311 e. The SMILES string of the molecule is CCN(C(=O)C(SC)c1ccccc1)c1ccc(Cl)cc1. The van der Waals surface area contributed by atoms with Gasteiger partial charge in [0.25, 0.3) is 0 Å². The van der Waals surface area contributed by atoms with Gasteiger partial charge >= 0.3 is 0 Å². The average molecular weight is 320 g/mol. The van der Waals surface area contributed by atoms with Gasteiger partial charge in [-0.1, -0.05) is 41.9 Å². The second-order valence-electron chi connectivity index (χ2n) is 4.59. The summed E-state index contributed by atoms with van der Waals surface area (Å²) in [6, 6.07) is 17.3. The fraction of sp³-hybridized carbons (Fsp3) is 0.235. The first-order chi connectivity index (χ1) is 10.2. The van der Waals surface area contributed by atoms with E-state index < -0.39 is 0 Å². The third-order valence-electron chi connectivity index (χ3n) is 3.28. The fourth-order valence-electron chi connectivity index (χ4n) is 2.24. The van der Waals surface area contributed by atoms with Crippen LogP contribution in [-0.2, 0) is 4.79 Å². The third-order valence-corrected chi connectivity index (χ3v) is 4.48. The molecule has 0 radical (unpaired) electrons. The Morgan fingerprint density at radius 2 is 1.76 bits per heavy atom. The normalized spacial score (nSPS) is 12.0. The Kier molecular flexibility index (Phi) is 5.71. The topological polar surface area (TPSA) is 20.3 Å². The molecule has 4 heteroatoms. The van der Waals surface area contributed by atoms with Crippen molar-refractivity contribution in [1.82, 2.24) is 0 Å². The van der Waals surface area contributed by atoms with Gasteiger partial charge in [-0.15, -0.1) is 11.8 Å². The van der Waals surface area contributed by atoms with Crippen molar-refractivity contribution in [2.75, 3.05) is 17.7 Å². The van der Waals surface area contributed by atoms with E-state index in [0.29, 0.717) is 11.6 Å². The monoisotopic (exact) mass is 319 g/mol. The number of carbonyl (C=O) groups is 1. The number of likely N-dealkylation sites (N-methyl/N-ethyl adjacent to an activating group) is 1. The number of carbonyl (C=O) groups excluding carboxylic acids is 1. The molecule has 2 rings (SSSR count). The Balaban J connectivity index is 2.28. The van der Waals surface area contributed by atoms with Crippen LogP contribution >= 0.6 is 23.4 Å². The maximum Gasteiger partial charge on any atom is 0.244 e. The van der Waals surface area contributed by atoms with E-state index in [-0.39, 0.29) is 11.2 Å². The Hall–Kier alpha value is -1.45. The molecule has 0 aliphatic carbocycles. The molecule has 0 fully saturated rings. The van der Waals surface area contributed by atoms with Crippen LogP contribution < -0.4 is 4.90 Å². The summed E-state index contributed by atoms with van der Waals surface area (Å²) in [5, 5.41) is 0.480. The number of amides is 1. The molecular formula is C17H18ClNOS. The molecule has 21 heavy (non-hydrogen) atoms. The molecule has 0 aromatic heterocycles. The van der Waals surface area contributed by atoms with Crippen molar-refractivity contribution in [3.8, 4) is 0 Å². The molecule has 2 aromatic rings. The molecule has 0 bridgehead atoms. The molecule has 1 unspecified atom stereocenters. The second kappa shape index (κ2) is 7.53. The summed E-state index contributed by atoms with van der Waals surface area (Å²) < 4.78 is 0. The summed E-state index contributed by atoms with van der Waals surface area (Å²) >= 11 is 7.47. The van der Waals surface area contributed by atoms with E-state index in [2.05, 4.69) is 0 Å². The largest absolute Gasteiger partial charge is 0.311 e. The first-order valence-corrected chi connectivity index (χ1v) is 8.48. The van der Waals surface area contributed by atoms with Crippen LogP contribution in [0.5, 0.6) is 0 Å². The summed E-state index contributed by atoms with van der Waals surface area (Å²) in [7, 11) is 0. The molecule has 0 aliphatic rings. The van der Waals surface area contributed by atoms with E-state index in [0.717, 1.165) is 11.3 Å². The molecule has 1 atom stereocenters. The predicted molar refractivity (Wildman–Crippen MR) is 92.2 cm³/mol. The zero-order chi connectivity index (χ0) is 15.2. The van der Waals surface area contributed by atoms with Crippen LogP contribution in [0.1, 0.15) is 17.7 Å². The van der Waals surface area contributed by atoms with Gasteiger partial charge in [-0.2, -0.15) is 0 Å². The van der Waals surface area contributed by atoms with Crippen LogP contribution in [0, 0.1) is 0 Å². The standard InChI is InChI=1S/C17H18ClNOS/c1-3-19(15-11-9-14(18)10-12-15)17(20)16(21-2)13-7-5-4-6-8-13/h4-12,16H,3H2,1-2H3. The maximum absolute atomic E-state index is 12.9. The van der Waals surface area contributed by atoms with Gasteiger partial charge in [0.1, 0.15) is 5.25 Å². The minimum absolute atomic E-state index is 0.0959. The minimum atomic E-state index is -0.193. The lowest BCUT2D eigenvalue weighted by molar-refractivity contribution is -0.118. The van der Waals surface area contributed by atoms with Crippen LogP contribution in [0.3, 0.4) is 0 Å². The van der Waals surface area contributed by atoms with Gasteiger partial charge in [-0.25, -0.2) is 0 Å². The van der Waals surface area contributed by atoms with Crippen molar-refractivity contribution in [3.63, 3.8) is 0 Å². The number of halogens is 1. The van der Waals surface area contributed by atoms with E-state index in [1.54, 1.807) is 16.7 Å². The highest BCUT2D eigenvalue weighted by molar-refractivity contribution is 7.99. The molecule has 2 nitrogen and oxygen atoms in total. The Morgan fingerprint density at radius 3 is 2.29 bits per heavy atom. The Bertz CT molecular complexity index is 585. The highest BCUT2D eigenvalue weighted by Gasteiger charge is 2.25. The van der Waals surface area contributed by atoms with Crippen LogP contribution in [0.4, 0.5) is 5.69 Å². The van der Waals surface area contributed by atoms with Crippen molar-refractivity contribution in [2.45, 2.75) is 12.2 Å². The van der Waals surface area contributed by atoms with Crippen molar-refractivity contribution in [2.24, 2.45) is 0 Å². The molecule has 0 saturated heterocycles. The summed E-state index contributed by atoms with van der Waals surface area (Å²) in [6.45, 7) is 2.61. The van der Waals surface area contributed by atoms with E-state index in [9.17, 15) is 4.79 Å². The third kappa shape index (κ3) is 3.80. The summed E-state index contributed by atoms with van der Waals surface area (Å²) in [4.78, 5) is 14.7. The summed E-state index contributed by atoms with van der Waals surface area (Å²) in [6.07, 6.45) is 1.96. The number of thioether (sulfide) groups is 1. The van der Waals surface area contributed by atoms with E-state index >= 15 is 0 Å². The predicted octanol–water partition coefficient (Wildman–Crippen LogP) is 4.80. The first-order valence-electron chi connectivity index (χ1n) is 6.82. The van der Waals surface area contributed by atoms with Gasteiger partial charge in [-0.05, 0) is 43.0 Å². The molecule has 110 valence electrons. The number of benzene rings is 2. The smallest absolute Gasteiger partial charge is 0.244 e. The lowest BCUT2D eigenvalue weighted by Gasteiger charge is -2.26. The molecule has 0 saturated carbocycles. The summed E-state index contributed by atoms with van der Waals surface area (Å²) in [5.74, 6) is 0.0959.